The fraction of sp³-hybridized carbons (Fsp3) is 0.273. The second-order valence-electron chi connectivity index (χ2n) is 6.78. The number of aromatic nitrogens is 1. The molecule has 0 saturated carbocycles. The van der Waals surface area contributed by atoms with Gasteiger partial charge in [-0.1, -0.05) is 29.8 Å². The molecule has 0 aliphatic rings. The van der Waals surface area contributed by atoms with Crippen molar-refractivity contribution in [1.29, 1.82) is 0 Å². The van der Waals surface area contributed by atoms with Gasteiger partial charge in [0.25, 0.3) is 5.91 Å². The summed E-state index contributed by atoms with van der Waals surface area (Å²) in [7, 11) is 0. The molecule has 168 valence electrons. The molecule has 32 heavy (non-hydrogen) atoms. The van der Waals surface area contributed by atoms with E-state index in [-0.39, 0.29) is 12.5 Å². The number of thiophene rings is 1. The van der Waals surface area contributed by atoms with Gasteiger partial charge >= 0.3 is 5.97 Å². The molecule has 2 aromatic heterocycles. The van der Waals surface area contributed by atoms with Crippen molar-refractivity contribution in [3.8, 4) is 10.6 Å². The molecule has 1 aromatic carbocycles. The van der Waals surface area contributed by atoms with Gasteiger partial charge in [-0.25, -0.2) is 9.78 Å². The molecule has 0 spiro atoms. The Hall–Kier alpha value is -2.75. The summed E-state index contributed by atoms with van der Waals surface area (Å²) in [4.78, 5) is 44.3. The molecule has 3 rings (SSSR count). The van der Waals surface area contributed by atoms with E-state index in [4.69, 9.17) is 16.3 Å². The summed E-state index contributed by atoms with van der Waals surface area (Å²) < 4.78 is 5.21. The number of ether oxygens (including phenoxy) is 1. The van der Waals surface area contributed by atoms with Crippen LogP contribution in [0.5, 0.6) is 0 Å². The molecule has 2 heterocycles. The van der Waals surface area contributed by atoms with Crippen LogP contribution in [-0.2, 0) is 20.9 Å². The molecular weight excluding hydrogens is 470 g/mol. The SMILES string of the molecule is CCN(CC(=O)NCc1cccs1)C(=O)COC(=O)c1sc(-c2ccc(Cl)cc2)nc1C. The number of likely N-dealkylation sites (N-methyl/N-ethyl adjacent to an activating group) is 1. The Morgan fingerprint density at radius 2 is 1.94 bits per heavy atom. The Morgan fingerprint density at radius 3 is 2.59 bits per heavy atom. The number of thiazole rings is 1. The van der Waals surface area contributed by atoms with Gasteiger partial charge in [-0.2, -0.15) is 0 Å². The maximum atomic E-state index is 12.5. The third-order valence-electron chi connectivity index (χ3n) is 4.51. The highest BCUT2D eigenvalue weighted by Gasteiger charge is 2.21. The van der Waals surface area contributed by atoms with Crippen molar-refractivity contribution < 1.29 is 19.1 Å². The van der Waals surface area contributed by atoms with E-state index in [0.717, 1.165) is 10.4 Å². The van der Waals surface area contributed by atoms with Gasteiger partial charge in [0.15, 0.2) is 6.61 Å². The van der Waals surface area contributed by atoms with Crippen molar-refractivity contribution >= 4 is 52.1 Å². The van der Waals surface area contributed by atoms with E-state index in [9.17, 15) is 14.4 Å². The lowest BCUT2D eigenvalue weighted by Gasteiger charge is -2.20. The summed E-state index contributed by atoms with van der Waals surface area (Å²) in [5.74, 6) is -1.33. The number of benzene rings is 1. The molecule has 2 amide bonds. The zero-order chi connectivity index (χ0) is 23.1. The molecule has 0 saturated heterocycles. The number of nitrogens with one attached hydrogen (secondary N) is 1. The van der Waals surface area contributed by atoms with Crippen molar-refractivity contribution in [2.45, 2.75) is 20.4 Å². The van der Waals surface area contributed by atoms with E-state index < -0.39 is 18.5 Å². The third kappa shape index (κ3) is 6.38. The van der Waals surface area contributed by atoms with Gasteiger partial charge in [-0.3, -0.25) is 9.59 Å². The fourth-order valence-electron chi connectivity index (χ4n) is 2.79. The maximum absolute atomic E-state index is 12.5. The fourth-order valence-corrected chi connectivity index (χ4v) is 4.53. The summed E-state index contributed by atoms with van der Waals surface area (Å²) in [5, 5.41) is 5.99. The molecule has 1 N–H and O–H groups in total. The number of rotatable bonds is 9. The predicted molar refractivity (Wildman–Crippen MR) is 126 cm³/mol. The van der Waals surface area contributed by atoms with Crippen LogP contribution in [0.2, 0.25) is 5.02 Å². The van der Waals surface area contributed by atoms with Gasteiger partial charge in [0, 0.05) is 22.0 Å². The molecule has 3 aromatic rings. The Balaban J connectivity index is 1.53. The lowest BCUT2D eigenvalue weighted by atomic mass is 10.2. The number of halogens is 1. The minimum atomic E-state index is -0.619. The minimum Gasteiger partial charge on any atom is -0.451 e. The van der Waals surface area contributed by atoms with Gasteiger partial charge in [-0.05, 0) is 37.4 Å². The van der Waals surface area contributed by atoms with Crippen molar-refractivity contribution in [3.63, 3.8) is 0 Å². The number of esters is 1. The number of carbonyl (C=O) groups is 3. The molecule has 0 unspecified atom stereocenters. The Kier molecular flexibility index (Phi) is 8.38. The quantitative estimate of drug-likeness (QED) is 0.454. The molecule has 0 aliphatic carbocycles. The lowest BCUT2D eigenvalue weighted by molar-refractivity contribution is -0.138. The van der Waals surface area contributed by atoms with Crippen LogP contribution in [0, 0.1) is 6.92 Å². The van der Waals surface area contributed by atoms with Crippen molar-refractivity contribution in [1.82, 2.24) is 15.2 Å². The standard InChI is InChI=1S/C22H22ClN3O4S2/c1-3-26(12-18(27)24-11-17-5-4-10-31-17)19(28)13-30-22(29)20-14(2)25-21(32-20)15-6-8-16(23)9-7-15/h4-10H,3,11-13H2,1-2H3,(H,24,27). The van der Waals surface area contributed by atoms with E-state index >= 15 is 0 Å². The Labute approximate surface area is 199 Å². The smallest absolute Gasteiger partial charge is 0.350 e. The number of hydrogen-bond donors (Lipinski definition) is 1. The van der Waals surface area contributed by atoms with Gasteiger partial charge in [-0.15, -0.1) is 22.7 Å². The lowest BCUT2D eigenvalue weighted by Crippen LogP contribution is -2.42. The normalized spacial score (nSPS) is 10.6. The molecule has 10 heteroatoms. The largest absolute Gasteiger partial charge is 0.451 e. The van der Waals surface area contributed by atoms with Crippen LogP contribution in [0.4, 0.5) is 0 Å². The first-order chi connectivity index (χ1) is 15.4. The van der Waals surface area contributed by atoms with E-state index in [0.29, 0.717) is 33.7 Å². The van der Waals surface area contributed by atoms with Crippen molar-refractivity contribution in [2.75, 3.05) is 19.7 Å². The number of carbonyl (C=O) groups excluding carboxylic acids is 3. The zero-order valence-corrected chi connectivity index (χ0v) is 20.0. The van der Waals surface area contributed by atoms with Gasteiger partial charge < -0.3 is 15.0 Å². The van der Waals surface area contributed by atoms with Gasteiger partial charge in [0.05, 0.1) is 18.8 Å². The summed E-state index contributed by atoms with van der Waals surface area (Å²) in [6, 6.07) is 11.0. The number of hydrogen-bond acceptors (Lipinski definition) is 7. The van der Waals surface area contributed by atoms with Gasteiger partial charge in [0.1, 0.15) is 9.88 Å². The second-order valence-corrected chi connectivity index (χ2v) is 9.25. The summed E-state index contributed by atoms with van der Waals surface area (Å²) >= 11 is 8.65. The second kappa shape index (κ2) is 11.2. The highest BCUT2D eigenvalue weighted by Crippen LogP contribution is 2.29. The summed E-state index contributed by atoms with van der Waals surface area (Å²) in [6.07, 6.45) is 0. The Morgan fingerprint density at radius 1 is 1.19 bits per heavy atom. The molecule has 7 nitrogen and oxygen atoms in total. The van der Waals surface area contributed by atoms with Crippen LogP contribution < -0.4 is 5.32 Å². The minimum absolute atomic E-state index is 0.0987. The molecule has 0 fully saturated rings. The molecular formula is C22H22ClN3O4S2. The first-order valence-corrected chi connectivity index (χ1v) is 11.9. The van der Waals surface area contributed by atoms with Crippen LogP contribution in [0.15, 0.2) is 41.8 Å². The van der Waals surface area contributed by atoms with Crippen LogP contribution in [0.1, 0.15) is 27.2 Å². The molecule has 0 bridgehead atoms. The highest BCUT2D eigenvalue weighted by atomic mass is 35.5. The van der Waals surface area contributed by atoms with Crippen molar-refractivity contribution in [2.24, 2.45) is 0 Å². The third-order valence-corrected chi connectivity index (χ3v) is 6.82. The number of aryl methyl sites for hydroxylation is 1. The maximum Gasteiger partial charge on any atom is 0.350 e. The average molecular weight is 492 g/mol. The molecule has 0 radical (unpaired) electrons. The van der Waals surface area contributed by atoms with E-state index in [2.05, 4.69) is 10.3 Å². The van der Waals surface area contributed by atoms with Crippen LogP contribution >= 0.6 is 34.3 Å². The Bertz CT molecular complexity index is 1080. The van der Waals surface area contributed by atoms with Crippen molar-refractivity contribution in [3.05, 3.63) is 62.2 Å². The number of nitrogens with zero attached hydrogens (tertiary/aromatic N) is 2. The molecule has 0 atom stereocenters. The van der Waals surface area contributed by atoms with Crippen LogP contribution in [0.3, 0.4) is 0 Å². The van der Waals surface area contributed by atoms with Crippen LogP contribution in [-0.4, -0.2) is 47.4 Å². The highest BCUT2D eigenvalue weighted by molar-refractivity contribution is 7.17. The zero-order valence-electron chi connectivity index (χ0n) is 17.6. The van der Waals surface area contributed by atoms with E-state index in [1.165, 1.54) is 16.2 Å². The predicted octanol–water partition coefficient (Wildman–Crippen LogP) is 4.16. The summed E-state index contributed by atoms with van der Waals surface area (Å²) in [5.41, 5.74) is 1.36. The topological polar surface area (TPSA) is 88.6 Å². The first-order valence-electron chi connectivity index (χ1n) is 9.84. The van der Waals surface area contributed by atoms with Gasteiger partial charge in [0.2, 0.25) is 5.91 Å². The van der Waals surface area contributed by atoms with E-state index in [1.54, 1.807) is 37.3 Å². The summed E-state index contributed by atoms with van der Waals surface area (Å²) in [6.45, 7) is 3.67. The van der Waals surface area contributed by atoms with Crippen LogP contribution in [0.25, 0.3) is 10.6 Å². The molecule has 0 aliphatic heterocycles. The van der Waals surface area contributed by atoms with E-state index in [1.807, 2.05) is 29.6 Å². The average Bonchev–Trinajstić information content (AvgIpc) is 3.44. The first kappa shape index (κ1) is 23.9. The number of amides is 2. The monoisotopic (exact) mass is 491 g/mol.